The van der Waals surface area contributed by atoms with Crippen LogP contribution in [-0.4, -0.2) is 37.0 Å². The zero-order valence-electron chi connectivity index (χ0n) is 13.5. The number of nitrogens with two attached hydrogens (primary N) is 1. The second kappa shape index (κ2) is 9.01. The number of benzene rings is 1. The summed E-state index contributed by atoms with van der Waals surface area (Å²) in [4.78, 5) is 14.3. The molecule has 5 heteroatoms. The summed E-state index contributed by atoms with van der Waals surface area (Å²) >= 11 is 0. The lowest BCUT2D eigenvalue weighted by atomic mass is 9.91. The van der Waals surface area contributed by atoms with Crippen molar-refractivity contribution in [3.8, 4) is 5.75 Å². The molecule has 0 aliphatic carbocycles. The second-order valence-electron chi connectivity index (χ2n) is 5.93. The van der Waals surface area contributed by atoms with Gasteiger partial charge in [0.05, 0.1) is 7.11 Å². The molecule has 0 aromatic heterocycles. The van der Waals surface area contributed by atoms with Gasteiger partial charge in [-0.05, 0) is 49.8 Å². The van der Waals surface area contributed by atoms with Crippen molar-refractivity contribution in [2.75, 3.05) is 20.2 Å². The molecule has 1 atom stereocenters. The number of nitrogens with zero attached hydrogens (tertiary/aromatic N) is 1. The third kappa shape index (κ3) is 5.18. The van der Waals surface area contributed by atoms with Gasteiger partial charge in [-0.1, -0.05) is 12.1 Å². The van der Waals surface area contributed by atoms with Gasteiger partial charge in [0.2, 0.25) is 5.91 Å². The molecule has 1 heterocycles. The van der Waals surface area contributed by atoms with Crippen molar-refractivity contribution in [1.29, 1.82) is 0 Å². The summed E-state index contributed by atoms with van der Waals surface area (Å²) in [5.41, 5.74) is 7.08. The minimum Gasteiger partial charge on any atom is -0.497 e. The molecule has 1 saturated heterocycles. The normalized spacial score (nSPS) is 16.8. The van der Waals surface area contributed by atoms with Gasteiger partial charge in [-0.3, -0.25) is 4.79 Å². The highest BCUT2D eigenvalue weighted by Gasteiger charge is 2.24. The van der Waals surface area contributed by atoms with Crippen LogP contribution in [0.4, 0.5) is 0 Å². The number of methoxy groups -OCH3 is 1. The molecule has 1 aromatic carbocycles. The van der Waals surface area contributed by atoms with E-state index in [-0.39, 0.29) is 24.4 Å². The van der Waals surface area contributed by atoms with Gasteiger partial charge in [0.15, 0.2) is 0 Å². The van der Waals surface area contributed by atoms with Crippen LogP contribution < -0.4 is 10.5 Å². The number of ether oxygens (including phenoxy) is 1. The van der Waals surface area contributed by atoms with Gasteiger partial charge in [0.25, 0.3) is 0 Å². The lowest BCUT2D eigenvalue weighted by Gasteiger charge is -2.33. The summed E-state index contributed by atoms with van der Waals surface area (Å²) in [6, 6.07) is 8.16. The van der Waals surface area contributed by atoms with E-state index in [4.69, 9.17) is 10.5 Å². The number of likely N-dealkylation sites (tertiary alicyclic amines) is 1. The molecule has 4 nitrogen and oxygen atoms in total. The molecule has 1 aliphatic rings. The topological polar surface area (TPSA) is 55.6 Å². The third-order valence-corrected chi connectivity index (χ3v) is 4.40. The number of amides is 1. The molecule has 1 unspecified atom stereocenters. The number of halogens is 1. The SMILES string of the molecule is COc1cccc(CCC(=O)N2CCC(C(C)N)CC2)c1.Cl. The highest BCUT2D eigenvalue weighted by Crippen LogP contribution is 2.20. The Hall–Kier alpha value is -1.26. The first-order chi connectivity index (χ1) is 10.1. The summed E-state index contributed by atoms with van der Waals surface area (Å²) in [6.07, 6.45) is 3.39. The van der Waals surface area contributed by atoms with E-state index in [2.05, 4.69) is 6.92 Å². The van der Waals surface area contributed by atoms with Gasteiger partial charge in [-0.15, -0.1) is 12.4 Å². The molecule has 1 aliphatic heterocycles. The van der Waals surface area contributed by atoms with Crippen LogP contribution in [0.1, 0.15) is 31.7 Å². The van der Waals surface area contributed by atoms with Crippen molar-refractivity contribution < 1.29 is 9.53 Å². The lowest BCUT2D eigenvalue weighted by Crippen LogP contribution is -2.42. The molecule has 1 fully saturated rings. The first-order valence-electron chi connectivity index (χ1n) is 7.76. The van der Waals surface area contributed by atoms with Crippen LogP contribution in [0.25, 0.3) is 0 Å². The number of carbonyl (C=O) groups excluding carboxylic acids is 1. The maximum atomic E-state index is 12.3. The zero-order valence-corrected chi connectivity index (χ0v) is 14.3. The average molecular weight is 327 g/mol. The Kier molecular flexibility index (Phi) is 7.69. The Morgan fingerprint density at radius 1 is 1.41 bits per heavy atom. The fourth-order valence-corrected chi connectivity index (χ4v) is 2.91. The summed E-state index contributed by atoms with van der Waals surface area (Å²) in [7, 11) is 1.66. The van der Waals surface area contributed by atoms with Gasteiger partial charge in [0.1, 0.15) is 5.75 Å². The minimum absolute atomic E-state index is 0. The van der Waals surface area contributed by atoms with Crippen LogP contribution >= 0.6 is 12.4 Å². The molecule has 0 saturated carbocycles. The number of piperidine rings is 1. The predicted octanol–water partition coefficient (Wildman–Crippen LogP) is 2.64. The highest BCUT2D eigenvalue weighted by molar-refractivity contribution is 5.85. The average Bonchev–Trinajstić information content (AvgIpc) is 2.53. The fraction of sp³-hybridized carbons (Fsp3) is 0.588. The Morgan fingerprint density at radius 3 is 2.68 bits per heavy atom. The molecule has 2 rings (SSSR count). The van der Waals surface area contributed by atoms with Crippen LogP contribution in [-0.2, 0) is 11.2 Å². The molecule has 22 heavy (non-hydrogen) atoms. The summed E-state index contributed by atoms with van der Waals surface area (Å²) < 4.78 is 5.20. The van der Waals surface area contributed by atoms with Crippen molar-refractivity contribution >= 4 is 18.3 Å². The highest BCUT2D eigenvalue weighted by atomic mass is 35.5. The molecular formula is C17H27ClN2O2. The third-order valence-electron chi connectivity index (χ3n) is 4.40. The monoisotopic (exact) mass is 326 g/mol. The van der Waals surface area contributed by atoms with E-state index < -0.39 is 0 Å². The van der Waals surface area contributed by atoms with Crippen molar-refractivity contribution in [3.05, 3.63) is 29.8 Å². The second-order valence-corrected chi connectivity index (χ2v) is 5.93. The lowest BCUT2D eigenvalue weighted by molar-refractivity contribution is -0.132. The zero-order chi connectivity index (χ0) is 15.2. The van der Waals surface area contributed by atoms with Crippen LogP contribution in [0.5, 0.6) is 5.75 Å². The van der Waals surface area contributed by atoms with Crippen LogP contribution in [0.2, 0.25) is 0 Å². The van der Waals surface area contributed by atoms with Crippen molar-refractivity contribution in [3.63, 3.8) is 0 Å². The molecule has 1 aromatic rings. The summed E-state index contributed by atoms with van der Waals surface area (Å²) in [6.45, 7) is 3.76. The first kappa shape index (κ1) is 18.8. The molecule has 1 amide bonds. The van der Waals surface area contributed by atoms with Crippen LogP contribution in [0, 0.1) is 5.92 Å². The van der Waals surface area contributed by atoms with Gasteiger partial charge >= 0.3 is 0 Å². The number of aryl methyl sites for hydroxylation is 1. The maximum Gasteiger partial charge on any atom is 0.222 e. The Balaban J connectivity index is 0.00000242. The van der Waals surface area contributed by atoms with E-state index in [1.807, 2.05) is 29.2 Å². The van der Waals surface area contributed by atoms with Crippen LogP contribution in [0.15, 0.2) is 24.3 Å². The summed E-state index contributed by atoms with van der Waals surface area (Å²) in [5, 5.41) is 0. The van der Waals surface area contributed by atoms with Crippen LogP contribution in [0.3, 0.4) is 0 Å². The number of rotatable bonds is 5. The molecule has 0 radical (unpaired) electrons. The van der Waals surface area contributed by atoms with Gasteiger partial charge in [-0.2, -0.15) is 0 Å². The Morgan fingerprint density at radius 2 is 2.09 bits per heavy atom. The fourth-order valence-electron chi connectivity index (χ4n) is 2.91. The van der Waals surface area contributed by atoms with E-state index in [9.17, 15) is 4.79 Å². The minimum atomic E-state index is 0. The first-order valence-corrected chi connectivity index (χ1v) is 7.76. The predicted molar refractivity (Wildman–Crippen MR) is 91.5 cm³/mol. The van der Waals surface area contributed by atoms with Crippen molar-refractivity contribution in [2.24, 2.45) is 11.7 Å². The molecule has 2 N–H and O–H groups in total. The molecule has 124 valence electrons. The quantitative estimate of drug-likeness (QED) is 0.905. The van der Waals surface area contributed by atoms with E-state index in [1.54, 1.807) is 7.11 Å². The molecule has 0 bridgehead atoms. The van der Waals surface area contributed by atoms with Crippen molar-refractivity contribution in [2.45, 2.75) is 38.6 Å². The smallest absolute Gasteiger partial charge is 0.222 e. The van der Waals surface area contributed by atoms with Gasteiger partial charge in [0, 0.05) is 25.6 Å². The molecule has 0 spiro atoms. The standard InChI is InChI=1S/C17H26N2O2.ClH/c1-13(18)15-8-10-19(11-9-15)17(20)7-6-14-4-3-5-16(12-14)21-2;/h3-5,12-13,15H,6-11,18H2,1-2H3;1H. The van der Waals surface area contributed by atoms with E-state index >= 15 is 0 Å². The van der Waals surface area contributed by atoms with E-state index in [0.717, 1.165) is 43.7 Å². The van der Waals surface area contributed by atoms with Gasteiger partial charge in [-0.25, -0.2) is 0 Å². The Labute approximate surface area is 139 Å². The van der Waals surface area contributed by atoms with Crippen molar-refractivity contribution in [1.82, 2.24) is 4.90 Å². The Bertz CT molecular complexity index is 471. The summed E-state index contributed by atoms with van der Waals surface area (Å²) in [5.74, 6) is 1.66. The number of carbonyl (C=O) groups is 1. The molecular weight excluding hydrogens is 300 g/mol. The van der Waals surface area contributed by atoms with Gasteiger partial charge < -0.3 is 15.4 Å². The van der Waals surface area contributed by atoms with E-state index in [0.29, 0.717) is 12.3 Å². The number of hydrogen-bond acceptors (Lipinski definition) is 3. The maximum absolute atomic E-state index is 12.3. The number of hydrogen-bond donors (Lipinski definition) is 1. The van der Waals surface area contributed by atoms with E-state index in [1.165, 1.54) is 0 Å². The largest absolute Gasteiger partial charge is 0.497 e.